The Bertz CT molecular complexity index is 213. The monoisotopic (exact) mass is 196 g/mol. The second kappa shape index (κ2) is 4.30. The smallest absolute Gasteiger partial charge is 0.219 e. The normalized spacial score (nSPS) is 27.8. The molecule has 1 atom stereocenters. The first-order valence-electron chi connectivity index (χ1n) is 5.78. The van der Waals surface area contributed by atoms with Gasteiger partial charge in [0.25, 0.3) is 0 Å². The van der Waals surface area contributed by atoms with Gasteiger partial charge in [-0.05, 0) is 32.1 Å². The highest BCUT2D eigenvalue weighted by atomic mass is 16.2. The summed E-state index contributed by atoms with van der Waals surface area (Å²) >= 11 is 0. The Labute approximate surface area is 85.8 Å². The van der Waals surface area contributed by atoms with E-state index in [1.807, 2.05) is 4.90 Å². The summed E-state index contributed by atoms with van der Waals surface area (Å²) in [4.78, 5) is 13.4. The maximum Gasteiger partial charge on any atom is 0.219 e. The average molecular weight is 196 g/mol. The summed E-state index contributed by atoms with van der Waals surface area (Å²) in [5, 5.41) is 3.52. The molecule has 1 aliphatic carbocycles. The van der Waals surface area contributed by atoms with E-state index in [0.29, 0.717) is 6.04 Å². The predicted octanol–water partition coefficient (Wildman–Crippen LogP) is 1.14. The molecule has 1 N–H and O–H groups in total. The van der Waals surface area contributed by atoms with Gasteiger partial charge in [-0.1, -0.05) is 0 Å². The summed E-state index contributed by atoms with van der Waals surface area (Å²) in [5.41, 5.74) is 0. The molecule has 0 aromatic rings. The van der Waals surface area contributed by atoms with Gasteiger partial charge < -0.3 is 10.2 Å². The Kier molecular flexibility index (Phi) is 3.06. The van der Waals surface area contributed by atoms with Gasteiger partial charge in [-0.3, -0.25) is 4.79 Å². The van der Waals surface area contributed by atoms with Crippen LogP contribution in [0.3, 0.4) is 0 Å². The zero-order chi connectivity index (χ0) is 9.97. The first-order chi connectivity index (χ1) is 6.77. The minimum Gasteiger partial charge on any atom is -0.339 e. The van der Waals surface area contributed by atoms with Gasteiger partial charge in [-0.15, -0.1) is 0 Å². The van der Waals surface area contributed by atoms with Gasteiger partial charge in [-0.25, -0.2) is 0 Å². The summed E-state index contributed by atoms with van der Waals surface area (Å²) in [6, 6.07) is 1.22. The van der Waals surface area contributed by atoms with Crippen LogP contribution in [0.2, 0.25) is 0 Å². The van der Waals surface area contributed by atoms with Crippen molar-refractivity contribution in [3.8, 4) is 0 Å². The molecule has 0 radical (unpaired) electrons. The van der Waals surface area contributed by atoms with Crippen LogP contribution in [0.15, 0.2) is 0 Å². The van der Waals surface area contributed by atoms with E-state index in [4.69, 9.17) is 0 Å². The van der Waals surface area contributed by atoms with Crippen molar-refractivity contribution in [3.63, 3.8) is 0 Å². The van der Waals surface area contributed by atoms with Crippen LogP contribution in [-0.2, 0) is 4.79 Å². The van der Waals surface area contributed by atoms with Crippen LogP contribution < -0.4 is 5.32 Å². The molecule has 80 valence electrons. The molecule has 0 aromatic heterocycles. The summed E-state index contributed by atoms with van der Waals surface area (Å²) in [6.45, 7) is 3.66. The molecule has 0 unspecified atom stereocenters. The number of hydrogen-bond acceptors (Lipinski definition) is 2. The van der Waals surface area contributed by atoms with E-state index in [1.54, 1.807) is 6.92 Å². The fourth-order valence-corrected chi connectivity index (χ4v) is 2.22. The van der Waals surface area contributed by atoms with Crippen molar-refractivity contribution >= 4 is 5.91 Å². The number of amides is 1. The van der Waals surface area contributed by atoms with Gasteiger partial charge in [0.15, 0.2) is 0 Å². The van der Waals surface area contributed by atoms with Gasteiger partial charge in [0.2, 0.25) is 5.91 Å². The van der Waals surface area contributed by atoms with Gasteiger partial charge in [0.1, 0.15) is 0 Å². The molecule has 1 saturated heterocycles. The van der Waals surface area contributed by atoms with Crippen molar-refractivity contribution in [2.45, 2.75) is 51.1 Å². The number of carbonyl (C=O) groups is 1. The lowest BCUT2D eigenvalue weighted by atomic mass is 10.0. The number of hydrogen-bond donors (Lipinski definition) is 1. The number of rotatable bonds is 3. The second-order valence-electron chi connectivity index (χ2n) is 4.54. The van der Waals surface area contributed by atoms with Crippen molar-refractivity contribution < 1.29 is 4.79 Å². The summed E-state index contributed by atoms with van der Waals surface area (Å²) in [6.07, 6.45) is 6.29. The molecule has 2 rings (SSSR count). The molecule has 1 amide bonds. The molecular weight excluding hydrogens is 176 g/mol. The summed E-state index contributed by atoms with van der Waals surface area (Å²) in [7, 11) is 0. The van der Waals surface area contributed by atoms with Crippen LogP contribution in [0, 0.1) is 0 Å². The van der Waals surface area contributed by atoms with Crippen molar-refractivity contribution in [2.24, 2.45) is 0 Å². The number of carbonyl (C=O) groups excluding carboxylic acids is 1. The van der Waals surface area contributed by atoms with E-state index < -0.39 is 0 Å². The lowest BCUT2D eigenvalue weighted by Gasteiger charge is -2.35. The fourth-order valence-electron chi connectivity index (χ4n) is 2.22. The first-order valence-corrected chi connectivity index (χ1v) is 5.78. The maximum atomic E-state index is 11.4. The topological polar surface area (TPSA) is 32.3 Å². The molecule has 1 saturated carbocycles. The zero-order valence-electron chi connectivity index (χ0n) is 8.96. The molecule has 1 aliphatic heterocycles. The van der Waals surface area contributed by atoms with Crippen LogP contribution in [0.5, 0.6) is 0 Å². The summed E-state index contributed by atoms with van der Waals surface area (Å²) < 4.78 is 0. The van der Waals surface area contributed by atoms with E-state index in [9.17, 15) is 4.79 Å². The number of nitrogens with one attached hydrogen (secondary N) is 1. The molecule has 3 nitrogen and oxygen atoms in total. The molecule has 2 fully saturated rings. The highest BCUT2D eigenvalue weighted by Gasteiger charge is 2.27. The molecule has 3 heteroatoms. The minimum atomic E-state index is 0.243. The van der Waals surface area contributed by atoms with Crippen LogP contribution in [-0.4, -0.2) is 36.0 Å². The van der Waals surface area contributed by atoms with Gasteiger partial charge in [0, 0.05) is 32.1 Å². The SMILES string of the molecule is CC(=O)N1CCCC[C@@H]1CNC1CC1. The third-order valence-corrected chi connectivity index (χ3v) is 3.25. The number of piperidine rings is 1. The molecule has 0 aromatic carbocycles. The van der Waals surface area contributed by atoms with Crippen LogP contribution >= 0.6 is 0 Å². The lowest BCUT2D eigenvalue weighted by Crippen LogP contribution is -2.48. The lowest BCUT2D eigenvalue weighted by molar-refractivity contribution is -0.132. The van der Waals surface area contributed by atoms with Crippen LogP contribution in [0.1, 0.15) is 39.0 Å². The van der Waals surface area contributed by atoms with E-state index in [2.05, 4.69) is 5.32 Å². The van der Waals surface area contributed by atoms with Crippen molar-refractivity contribution in [1.29, 1.82) is 0 Å². The molecule has 1 heterocycles. The van der Waals surface area contributed by atoms with Gasteiger partial charge in [-0.2, -0.15) is 0 Å². The Morgan fingerprint density at radius 2 is 2.14 bits per heavy atom. The minimum absolute atomic E-state index is 0.243. The second-order valence-corrected chi connectivity index (χ2v) is 4.54. The predicted molar refractivity (Wildman–Crippen MR) is 56.1 cm³/mol. The van der Waals surface area contributed by atoms with Crippen molar-refractivity contribution in [2.75, 3.05) is 13.1 Å². The van der Waals surface area contributed by atoms with Crippen molar-refractivity contribution in [1.82, 2.24) is 10.2 Å². The third-order valence-electron chi connectivity index (χ3n) is 3.25. The van der Waals surface area contributed by atoms with Crippen molar-refractivity contribution in [3.05, 3.63) is 0 Å². The molecule has 0 bridgehead atoms. The van der Waals surface area contributed by atoms with Crippen LogP contribution in [0.4, 0.5) is 0 Å². The number of nitrogens with zero attached hydrogens (tertiary/aromatic N) is 1. The van der Waals surface area contributed by atoms with E-state index in [0.717, 1.165) is 19.1 Å². The first kappa shape index (κ1) is 9.97. The Hall–Kier alpha value is -0.570. The molecule has 0 spiro atoms. The third kappa shape index (κ3) is 2.47. The summed E-state index contributed by atoms with van der Waals surface area (Å²) in [5.74, 6) is 0.243. The Morgan fingerprint density at radius 1 is 1.36 bits per heavy atom. The van der Waals surface area contributed by atoms with Gasteiger partial charge in [0.05, 0.1) is 0 Å². The van der Waals surface area contributed by atoms with E-state index in [1.165, 1.54) is 32.1 Å². The highest BCUT2D eigenvalue weighted by molar-refractivity contribution is 5.73. The molecule has 2 aliphatic rings. The number of likely N-dealkylation sites (tertiary alicyclic amines) is 1. The maximum absolute atomic E-state index is 11.4. The highest BCUT2D eigenvalue weighted by Crippen LogP contribution is 2.21. The molecule has 14 heavy (non-hydrogen) atoms. The average Bonchev–Trinajstić information content (AvgIpc) is 2.98. The largest absolute Gasteiger partial charge is 0.339 e. The quantitative estimate of drug-likeness (QED) is 0.734. The zero-order valence-corrected chi connectivity index (χ0v) is 8.96. The Morgan fingerprint density at radius 3 is 2.79 bits per heavy atom. The molecular formula is C11H20N2O. The van der Waals surface area contributed by atoms with E-state index >= 15 is 0 Å². The van der Waals surface area contributed by atoms with Gasteiger partial charge >= 0.3 is 0 Å². The fraction of sp³-hybridized carbons (Fsp3) is 0.909. The van der Waals surface area contributed by atoms with Crippen LogP contribution in [0.25, 0.3) is 0 Å². The standard InChI is InChI=1S/C11H20N2O/c1-9(14)13-7-3-2-4-11(13)8-12-10-5-6-10/h10-12H,2-8H2,1H3/t11-/m1/s1. The van der Waals surface area contributed by atoms with E-state index in [-0.39, 0.29) is 5.91 Å². The Balaban J connectivity index is 1.81.